The predicted octanol–water partition coefficient (Wildman–Crippen LogP) is 2.12. The molecular weight excluding hydrogens is 236 g/mol. The lowest BCUT2D eigenvalue weighted by Gasteiger charge is -2.06. The first-order chi connectivity index (χ1) is 8.51. The average molecular weight is 249 g/mol. The molecule has 0 spiro atoms. The van der Waals surface area contributed by atoms with Gasteiger partial charge in [0, 0.05) is 18.2 Å². The molecule has 1 fully saturated rings. The van der Waals surface area contributed by atoms with Gasteiger partial charge in [-0.15, -0.1) is 0 Å². The van der Waals surface area contributed by atoms with E-state index in [2.05, 4.69) is 5.10 Å². The molecule has 94 valence electrons. The summed E-state index contributed by atoms with van der Waals surface area (Å²) in [5.41, 5.74) is 5.61. The Hall–Kier alpha value is -1.75. The molecule has 0 amide bonds. The number of aromatic nitrogens is 2. The van der Waals surface area contributed by atoms with Crippen molar-refractivity contribution in [3.63, 3.8) is 0 Å². The minimum Gasteiger partial charge on any atom is -0.316 e. The Morgan fingerprint density at radius 3 is 2.56 bits per heavy atom. The molecule has 1 aromatic heterocycles. The van der Waals surface area contributed by atoms with E-state index < -0.39 is 11.5 Å². The van der Waals surface area contributed by atoms with Crippen LogP contribution in [0.4, 0.5) is 8.78 Å². The monoisotopic (exact) mass is 249 g/mol. The molecule has 1 atom stereocenters. The van der Waals surface area contributed by atoms with Crippen LogP contribution in [-0.4, -0.2) is 15.7 Å². The zero-order valence-electron chi connectivity index (χ0n) is 9.68. The minimum atomic E-state index is -2.80. The Kier molecular flexibility index (Phi) is 2.28. The first kappa shape index (κ1) is 11.3. The second kappa shape index (κ2) is 3.62. The molecule has 5 heteroatoms. The molecule has 0 bridgehead atoms. The van der Waals surface area contributed by atoms with E-state index in [1.807, 2.05) is 30.3 Å². The molecule has 1 aromatic carbocycles. The number of nitrogens with zero attached hydrogens (tertiary/aromatic N) is 2. The van der Waals surface area contributed by atoms with Crippen molar-refractivity contribution in [3.8, 4) is 0 Å². The van der Waals surface area contributed by atoms with E-state index in [1.54, 1.807) is 10.9 Å². The van der Waals surface area contributed by atoms with Crippen molar-refractivity contribution in [3.05, 3.63) is 53.9 Å². The van der Waals surface area contributed by atoms with Gasteiger partial charge in [-0.05, 0) is 5.56 Å². The zero-order chi connectivity index (χ0) is 12.8. The number of hydrogen-bond donors (Lipinski definition) is 1. The van der Waals surface area contributed by atoms with E-state index in [0.29, 0.717) is 12.1 Å². The third-order valence-electron chi connectivity index (χ3n) is 3.36. The standard InChI is InChI=1S/C13H13F2N3/c14-13(15)9-12(13,16)11-6-17-18(8-11)7-10-4-2-1-3-5-10/h1-6,8H,7,9,16H2. The molecule has 2 aromatic rings. The molecule has 1 aliphatic rings. The van der Waals surface area contributed by atoms with Gasteiger partial charge in [0.05, 0.1) is 12.7 Å². The molecule has 0 saturated heterocycles. The fourth-order valence-electron chi connectivity index (χ4n) is 2.07. The van der Waals surface area contributed by atoms with Gasteiger partial charge in [0.1, 0.15) is 5.54 Å². The number of halogens is 2. The summed E-state index contributed by atoms with van der Waals surface area (Å²) in [6.07, 6.45) is 2.74. The Morgan fingerprint density at radius 2 is 1.94 bits per heavy atom. The van der Waals surface area contributed by atoms with Gasteiger partial charge in [-0.3, -0.25) is 4.68 Å². The van der Waals surface area contributed by atoms with Crippen LogP contribution in [0.25, 0.3) is 0 Å². The van der Waals surface area contributed by atoms with Gasteiger partial charge < -0.3 is 5.73 Å². The summed E-state index contributed by atoms with van der Waals surface area (Å²) >= 11 is 0. The van der Waals surface area contributed by atoms with Crippen LogP contribution in [0.2, 0.25) is 0 Å². The lowest BCUT2D eigenvalue weighted by atomic mass is 10.1. The van der Waals surface area contributed by atoms with Crippen LogP contribution >= 0.6 is 0 Å². The number of rotatable bonds is 3. The van der Waals surface area contributed by atoms with Crippen LogP contribution in [0.3, 0.4) is 0 Å². The summed E-state index contributed by atoms with van der Waals surface area (Å²) in [5, 5.41) is 4.09. The third-order valence-corrected chi connectivity index (χ3v) is 3.36. The summed E-state index contributed by atoms with van der Waals surface area (Å²) < 4.78 is 27.9. The molecule has 0 aliphatic heterocycles. The van der Waals surface area contributed by atoms with E-state index in [0.717, 1.165) is 5.56 Å². The van der Waals surface area contributed by atoms with Crippen molar-refractivity contribution in [1.29, 1.82) is 0 Å². The van der Waals surface area contributed by atoms with Crippen LogP contribution in [0, 0.1) is 0 Å². The largest absolute Gasteiger partial charge is 0.316 e. The van der Waals surface area contributed by atoms with Gasteiger partial charge in [-0.2, -0.15) is 5.10 Å². The molecule has 0 radical (unpaired) electrons. The Labute approximate surface area is 103 Å². The van der Waals surface area contributed by atoms with Gasteiger partial charge in [0.15, 0.2) is 0 Å². The molecule has 3 nitrogen and oxygen atoms in total. The molecule has 1 unspecified atom stereocenters. The SMILES string of the molecule is NC1(c2cnn(Cc3ccccc3)c2)CC1(F)F. The quantitative estimate of drug-likeness (QED) is 0.905. The van der Waals surface area contributed by atoms with Crippen LogP contribution in [0.15, 0.2) is 42.7 Å². The Bertz CT molecular complexity index is 565. The average Bonchev–Trinajstić information content (AvgIpc) is 2.71. The molecule has 18 heavy (non-hydrogen) atoms. The zero-order valence-corrected chi connectivity index (χ0v) is 9.68. The minimum absolute atomic E-state index is 0.295. The van der Waals surface area contributed by atoms with Gasteiger partial charge in [-0.25, -0.2) is 8.78 Å². The highest BCUT2D eigenvalue weighted by Gasteiger charge is 2.70. The summed E-state index contributed by atoms with van der Waals surface area (Å²) in [4.78, 5) is 0. The van der Waals surface area contributed by atoms with E-state index in [-0.39, 0.29) is 6.42 Å². The summed E-state index contributed by atoms with van der Waals surface area (Å²) in [7, 11) is 0. The number of hydrogen-bond acceptors (Lipinski definition) is 2. The highest BCUT2D eigenvalue weighted by atomic mass is 19.3. The molecular formula is C13H13F2N3. The molecule has 2 N–H and O–H groups in total. The summed E-state index contributed by atoms with van der Waals surface area (Å²) in [6, 6.07) is 9.71. The fraction of sp³-hybridized carbons (Fsp3) is 0.308. The first-order valence-corrected chi connectivity index (χ1v) is 5.75. The summed E-state index contributed by atoms with van der Waals surface area (Å²) in [5.74, 6) is -2.80. The number of alkyl halides is 2. The van der Waals surface area contributed by atoms with Crippen LogP contribution in [0.5, 0.6) is 0 Å². The van der Waals surface area contributed by atoms with E-state index >= 15 is 0 Å². The lowest BCUT2D eigenvalue weighted by Crippen LogP contribution is -2.26. The molecule has 1 heterocycles. The Balaban J connectivity index is 1.79. The molecule has 1 aliphatic carbocycles. The van der Waals surface area contributed by atoms with Gasteiger partial charge >= 0.3 is 0 Å². The van der Waals surface area contributed by atoms with Crippen molar-refractivity contribution >= 4 is 0 Å². The van der Waals surface area contributed by atoms with Crippen LogP contribution in [-0.2, 0) is 12.1 Å². The predicted molar refractivity (Wildman–Crippen MR) is 63.2 cm³/mol. The Morgan fingerprint density at radius 1 is 1.28 bits per heavy atom. The van der Waals surface area contributed by atoms with Crippen LogP contribution < -0.4 is 5.73 Å². The summed E-state index contributed by atoms with van der Waals surface area (Å²) in [6.45, 7) is 0.558. The highest BCUT2D eigenvalue weighted by molar-refractivity contribution is 5.32. The van der Waals surface area contributed by atoms with Crippen molar-refractivity contribution in [2.75, 3.05) is 0 Å². The maximum atomic E-state index is 13.1. The molecule has 3 rings (SSSR count). The van der Waals surface area contributed by atoms with E-state index in [9.17, 15) is 8.78 Å². The smallest absolute Gasteiger partial charge is 0.272 e. The highest BCUT2D eigenvalue weighted by Crippen LogP contribution is 2.57. The van der Waals surface area contributed by atoms with E-state index in [1.165, 1.54) is 6.20 Å². The molecule has 1 saturated carbocycles. The maximum absolute atomic E-state index is 13.1. The number of benzene rings is 1. The topological polar surface area (TPSA) is 43.8 Å². The van der Waals surface area contributed by atoms with Crippen molar-refractivity contribution < 1.29 is 8.78 Å². The van der Waals surface area contributed by atoms with Crippen molar-refractivity contribution in [1.82, 2.24) is 9.78 Å². The van der Waals surface area contributed by atoms with Gasteiger partial charge in [0.25, 0.3) is 5.92 Å². The van der Waals surface area contributed by atoms with Gasteiger partial charge in [0.2, 0.25) is 0 Å². The second-order valence-corrected chi connectivity index (χ2v) is 4.76. The number of nitrogens with two attached hydrogens (primary N) is 1. The van der Waals surface area contributed by atoms with E-state index in [4.69, 9.17) is 5.73 Å². The van der Waals surface area contributed by atoms with Crippen molar-refractivity contribution in [2.45, 2.75) is 24.4 Å². The normalized spacial score (nSPS) is 25.1. The second-order valence-electron chi connectivity index (χ2n) is 4.76. The third kappa shape index (κ3) is 1.71. The fourth-order valence-corrected chi connectivity index (χ4v) is 2.07. The van der Waals surface area contributed by atoms with Crippen molar-refractivity contribution in [2.24, 2.45) is 5.73 Å². The first-order valence-electron chi connectivity index (χ1n) is 5.75. The van der Waals surface area contributed by atoms with Gasteiger partial charge in [-0.1, -0.05) is 30.3 Å². The lowest BCUT2D eigenvalue weighted by molar-refractivity contribution is 0.0891. The maximum Gasteiger partial charge on any atom is 0.272 e. The van der Waals surface area contributed by atoms with Crippen LogP contribution in [0.1, 0.15) is 17.5 Å².